The Bertz CT molecular complexity index is 609. The lowest BCUT2D eigenvalue weighted by Gasteiger charge is -1.96. The van der Waals surface area contributed by atoms with Gasteiger partial charge in [-0.2, -0.15) is 4.98 Å². The fourth-order valence-corrected chi connectivity index (χ4v) is 2.05. The SMILES string of the molecule is CCSc1n[nH]c(NC(=O)/C=C/c2ccc(Cl)cc2)n1. The molecule has 0 spiro atoms. The molecule has 0 fully saturated rings. The van der Waals surface area contributed by atoms with Gasteiger partial charge in [0.2, 0.25) is 11.1 Å². The number of rotatable bonds is 5. The third-order valence-electron chi connectivity index (χ3n) is 2.28. The highest BCUT2D eigenvalue weighted by molar-refractivity contribution is 7.99. The van der Waals surface area contributed by atoms with E-state index in [9.17, 15) is 4.79 Å². The van der Waals surface area contributed by atoms with Crippen molar-refractivity contribution >= 4 is 41.3 Å². The Hall–Kier alpha value is -1.79. The van der Waals surface area contributed by atoms with Crippen LogP contribution in [0.5, 0.6) is 0 Å². The first-order chi connectivity index (χ1) is 9.67. The monoisotopic (exact) mass is 308 g/mol. The molecular weight excluding hydrogens is 296 g/mol. The maximum absolute atomic E-state index is 11.7. The number of aromatic amines is 1. The summed E-state index contributed by atoms with van der Waals surface area (Å²) >= 11 is 7.28. The summed E-state index contributed by atoms with van der Waals surface area (Å²) in [5.41, 5.74) is 0.893. The molecule has 0 atom stereocenters. The molecule has 104 valence electrons. The number of carbonyl (C=O) groups is 1. The van der Waals surface area contributed by atoms with E-state index in [1.54, 1.807) is 18.2 Å². The molecule has 0 aliphatic heterocycles. The fourth-order valence-electron chi connectivity index (χ4n) is 1.40. The summed E-state index contributed by atoms with van der Waals surface area (Å²) in [6.45, 7) is 2.01. The largest absolute Gasteiger partial charge is 0.291 e. The van der Waals surface area contributed by atoms with Crippen LogP contribution in [0.1, 0.15) is 12.5 Å². The maximum atomic E-state index is 11.7. The summed E-state index contributed by atoms with van der Waals surface area (Å²) in [4.78, 5) is 15.8. The average Bonchev–Trinajstić information content (AvgIpc) is 2.86. The van der Waals surface area contributed by atoms with E-state index < -0.39 is 0 Å². The minimum absolute atomic E-state index is 0.274. The Labute approximate surface area is 125 Å². The van der Waals surface area contributed by atoms with Crippen LogP contribution in [0.3, 0.4) is 0 Å². The van der Waals surface area contributed by atoms with Crippen LogP contribution < -0.4 is 5.32 Å². The van der Waals surface area contributed by atoms with Gasteiger partial charge in [0.25, 0.3) is 5.91 Å². The summed E-state index contributed by atoms with van der Waals surface area (Å²) < 4.78 is 0. The van der Waals surface area contributed by atoms with Crippen molar-refractivity contribution < 1.29 is 4.79 Å². The van der Waals surface area contributed by atoms with E-state index in [-0.39, 0.29) is 5.91 Å². The van der Waals surface area contributed by atoms with Gasteiger partial charge < -0.3 is 0 Å². The molecule has 1 heterocycles. The third kappa shape index (κ3) is 4.40. The summed E-state index contributed by atoms with van der Waals surface area (Å²) in [5, 5.41) is 10.5. The van der Waals surface area contributed by atoms with Crippen molar-refractivity contribution in [2.45, 2.75) is 12.1 Å². The number of aromatic nitrogens is 3. The van der Waals surface area contributed by atoms with Crippen molar-refractivity contribution in [3.63, 3.8) is 0 Å². The standard InChI is InChI=1S/C13H13ClN4OS/c1-2-20-13-16-12(17-18-13)15-11(19)8-5-9-3-6-10(14)7-4-9/h3-8H,2H2,1H3,(H2,15,16,17,18,19)/b8-5+. The number of nitrogens with zero attached hydrogens (tertiary/aromatic N) is 2. The van der Waals surface area contributed by atoms with Crippen LogP contribution in [0, 0.1) is 0 Å². The topological polar surface area (TPSA) is 70.7 Å². The molecule has 7 heteroatoms. The molecule has 0 bridgehead atoms. The lowest BCUT2D eigenvalue weighted by molar-refractivity contribution is -0.111. The predicted octanol–water partition coefficient (Wildman–Crippen LogP) is 3.22. The second-order valence-corrected chi connectivity index (χ2v) is 5.44. The summed E-state index contributed by atoms with van der Waals surface area (Å²) in [7, 11) is 0. The van der Waals surface area contributed by atoms with Crippen molar-refractivity contribution in [1.82, 2.24) is 15.2 Å². The van der Waals surface area contributed by atoms with Gasteiger partial charge in [-0.05, 0) is 29.5 Å². The molecule has 0 saturated heterocycles. The molecule has 0 unspecified atom stereocenters. The highest BCUT2D eigenvalue weighted by Crippen LogP contribution is 2.13. The van der Waals surface area contributed by atoms with Gasteiger partial charge in [-0.3, -0.25) is 10.1 Å². The molecule has 2 N–H and O–H groups in total. The van der Waals surface area contributed by atoms with Crippen LogP contribution in [0.2, 0.25) is 5.02 Å². The number of benzene rings is 1. The van der Waals surface area contributed by atoms with E-state index in [2.05, 4.69) is 20.5 Å². The van der Waals surface area contributed by atoms with Crippen molar-refractivity contribution in [1.29, 1.82) is 0 Å². The van der Waals surface area contributed by atoms with Gasteiger partial charge in [0.05, 0.1) is 0 Å². The van der Waals surface area contributed by atoms with Crippen molar-refractivity contribution in [3.8, 4) is 0 Å². The van der Waals surface area contributed by atoms with Gasteiger partial charge in [0.15, 0.2) is 0 Å². The Morgan fingerprint density at radius 1 is 1.45 bits per heavy atom. The zero-order valence-corrected chi connectivity index (χ0v) is 12.3. The number of thioether (sulfide) groups is 1. The number of hydrogen-bond donors (Lipinski definition) is 2. The van der Waals surface area contributed by atoms with Crippen LogP contribution >= 0.6 is 23.4 Å². The quantitative estimate of drug-likeness (QED) is 0.657. The van der Waals surface area contributed by atoms with Crippen LogP contribution in [0.15, 0.2) is 35.5 Å². The zero-order valence-electron chi connectivity index (χ0n) is 10.8. The second-order valence-electron chi connectivity index (χ2n) is 3.77. The lowest BCUT2D eigenvalue weighted by atomic mass is 10.2. The average molecular weight is 309 g/mol. The minimum atomic E-state index is -0.274. The molecule has 0 aliphatic rings. The van der Waals surface area contributed by atoms with Crippen LogP contribution in [0.4, 0.5) is 5.95 Å². The Morgan fingerprint density at radius 3 is 2.90 bits per heavy atom. The number of anilines is 1. The molecule has 0 saturated carbocycles. The van der Waals surface area contributed by atoms with Gasteiger partial charge in [-0.25, -0.2) is 5.10 Å². The van der Waals surface area contributed by atoms with Crippen molar-refractivity contribution in [3.05, 3.63) is 40.9 Å². The lowest BCUT2D eigenvalue weighted by Crippen LogP contribution is -2.09. The molecule has 0 aliphatic carbocycles. The summed E-state index contributed by atoms with van der Waals surface area (Å²) in [6.07, 6.45) is 3.13. The highest BCUT2D eigenvalue weighted by atomic mass is 35.5. The van der Waals surface area contributed by atoms with Gasteiger partial charge in [-0.1, -0.05) is 42.4 Å². The van der Waals surface area contributed by atoms with E-state index >= 15 is 0 Å². The Kier molecular flexibility index (Phi) is 5.20. The fraction of sp³-hybridized carbons (Fsp3) is 0.154. The highest BCUT2D eigenvalue weighted by Gasteiger charge is 2.04. The molecule has 20 heavy (non-hydrogen) atoms. The Morgan fingerprint density at radius 2 is 2.20 bits per heavy atom. The van der Waals surface area contributed by atoms with Gasteiger partial charge in [0, 0.05) is 11.1 Å². The molecule has 5 nitrogen and oxygen atoms in total. The first-order valence-corrected chi connectivity index (χ1v) is 7.33. The van der Waals surface area contributed by atoms with E-state index in [1.165, 1.54) is 17.8 Å². The molecule has 0 radical (unpaired) electrons. The third-order valence-corrected chi connectivity index (χ3v) is 3.26. The zero-order chi connectivity index (χ0) is 14.4. The molecule has 1 aromatic carbocycles. The number of hydrogen-bond acceptors (Lipinski definition) is 4. The number of halogens is 1. The van der Waals surface area contributed by atoms with Gasteiger partial charge >= 0.3 is 0 Å². The van der Waals surface area contributed by atoms with E-state index in [0.29, 0.717) is 16.1 Å². The summed E-state index contributed by atoms with van der Waals surface area (Å²) in [6, 6.07) is 7.20. The second kappa shape index (κ2) is 7.12. The first-order valence-electron chi connectivity index (χ1n) is 5.97. The first kappa shape index (κ1) is 14.6. The predicted molar refractivity (Wildman–Crippen MR) is 81.9 cm³/mol. The van der Waals surface area contributed by atoms with Crippen molar-refractivity contribution in [2.24, 2.45) is 0 Å². The molecule has 2 rings (SSSR count). The van der Waals surface area contributed by atoms with E-state index in [4.69, 9.17) is 11.6 Å². The van der Waals surface area contributed by atoms with E-state index in [0.717, 1.165) is 11.3 Å². The molecular formula is C13H13ClN4OS. The smallest absolute Gasteiger partial charge is 0.250 e. The molecule has 2 aromatic rings. The van der Waals surface area contributed by atoms with Gasteiger partial charge in [-0.15, -0.1) is 5.10 Å². The number of H-pyrrole nitrogens is 1. The van der Waals surface area contributed by atoms with Gasteiger partial charge in [0.1, 0.15) is 0 Å². The summed E-state index contributed by atoms with van der Waals surface area (Å²) in [5.74, 6) is 0.942. The van der Waals surface area contributed by atoms with Crippen LogP contribution in [-0.2, 0) is 4.79 Å². The van der Waals surface area contributed by atoms with Crippen LogP contribution in [0.25, 0.3) is 6.08 Å². The minimum Gasteiger partial charge on any atom is -0.291 e. The van der Waals surface area contributed by atoms with E-state index in [1.807, 2.05) is 19.1 Å². The Balaban J connectivity index is 1.92. The van der Waals surface area contributed by atoms with Crippen LogP contribution in [-0.4, -0.2) is 26.8 Å². The number of nitrogens with one attached hydrogen (secondary N) is 2. The normalized spacial score (nSPS) is 10.9. The molecule has 1 amide bonds. The number of carbonyl (C=O) groups excluding carboxylic acids is 1. The van der Waals surface area contributed by atoms with Crippen molar-refractivity contribution in [2.75, 3.05) is 11.1 Å². The maximum Gasteiger partial charge on any atom is 0.250 e. The molecule has 1 aromatic heterocycles. The number of amides is 1.